The lowest BCUT2D eigenvalue weighted by atomic mass is 9.97. The van der Waals surface area contributed by atoms with Gasteiger partial charge in [0.25, 0.3) is 5.91 Å². The van der Waals surface area contributed by atoms with E-state index in [1.807, 2.05) is 60.0 Å². The first-order valence-electron chi connectivity index (χ1n) is 13.2. The Bertz CT molecular complexity index is 1190. The van der Waals surface area contributed by atoms with E-state index in [9.17, 15) is 14.4 Å². The molecule has 3 atom stereocenters. The molecular weight excluding hydrogens is 498 g/mol. The highest BCUT2D eigenvalue weighted by Crippen LogP contribution is 2.30. The molecule has 1 fully saturated rings. The fourth-order valence-electron chi connectivity index (χ4n) is 4.54. The van der Waals surface area contributed by atoms with Gasteiger partial charge < -0.3 is 15.4 Å². The number of amides is 3. The van der Waals surface area contributed by atoms with Crippen LogP contribution in [0.2, 0.25) is 0 Å². The third kappa shape index (κ3) is 6.88. The van der Waals surface area contributed by atoms with Gasteiger partial charge in [-0.15, -0.1) is 11.3 Å². The van der Waals surface area contributed by atoms with Crippen molar-refractivity contribution >= 4 is 34.7 Å². The molecule has 3 amide bonds. The molecule has 0 bridgehead atoms. The van der Waals surface area contributed by atoms with Gasteiger partial charge in [-0.2, -0.15) is 0 Å². The van der Waals surface area contributed by atoms with E-state index in [-0.39, 0.29) is 30.4 Å². The molecule has 2 aromatic carbocycles. The maximum Gasteiger partial charge on any atom is 0.261 e. The third-order valence-electron chi connectivity index (χ3n) is 6.92. The van der Waals surface area contributed by atoms with Gasteiger partial charge in [0.05, 0.1) is 17.5 Å². The Balaban J connectivity index is 1.65. The van der Waals surface area contributed by atoms with Gasteiger partial charge in [0.1, 0.15) is 6.04 Å². The molecule has 200 valence electrons. The highest BCUT2D eigenvalue weighted by Gasteiger charge is 2.33. The standard InChI is InChI=1S/C30H35N3O4S/c1-3-21(2)22-13-15-24(16-14-22)33(27(34)20-32-29(35)26-12-8-18-38-26)28(23-9-5-4-6-10-23)30(36)31-19-25-11-7-17-37-25/h4-6,8-10,12-16,18,21,25,28H,3,7,11,17,19-20H2,1-2H3,(H,31,36)(H,32,35)/t21-,25-,28-/m0/s1. The fraction of sp³-hybridized carbons (Fsp3) is 0.367. The normalized spacial score (nSPS) is 16.4. The van der Waals surface area contributed by atoms with Gasteiger partial charge in [0.15, 0.2) is 0 Å². The lowest BCUT2D eigenvalue weighted by molar-refractivity contribution is -0.126. The smallest absolute Gasteiger partial charge is 0.261 e. The number of rotatable bonds is 11. The van der Waals surface area contributed by atoms with Crippen molar-refractivity contribution in [3.63, 3.8) is 0 Å². The lowest BCUT2D eigenvalue weighted by Gasteiger charge is -2.32. The Morgan fingerprint density at radius 2 is 1.76 bits per heavy atom. The maximum absolute atomic E-state index is 13.8. The van der Waals surface area contributed by atoms with Crippen LogP contribution >= 0.6 is 11.3 Å². The van der Waals surface area contributed by atoms with Crippen molar-refractivity contribution in [3.8, 4) is 0 Å². The summed E-state index contributed by atoms with van der Waals surface area (Å²) < 4.78 is 5.69. The number of hydrogen-bond acceptors (Lipinski definition) is 5. The van der Waals surface area contributed by atoms with Crippen molar-refractivity contribution in [1.29, 1.82) is 0 Å². The van der Waals surface area contributed by atoms with Crippen LogP contribution < -0.4 is 15.5 Å². The molecule has 0 saturated carbocycles. The second kappa shape index (κ2) is 13.3. The molecule has 0 aliphatic carbocycles. The van der Waals surface area contributed by atoms with E-state index in [2.05, 4.69) is 24.5 Å². The van der Waals surface area contributed by atoms with Crippen LogP contribution in [0.3, 0.4) is 0 Å². The molecule has 1 aliphatic rings. The number of nitrogens with zero attached hydrogens (tertiary/aromatic N) is 1. The van der Waals surface area contributed by atoms with Gasteiger partial charge in [-0.3, -0.25) is 19.3 Å². The van der Waals surface area contributed by atoms with Crippen molar-refractivity contribution in [2.75, 3.05) is 24.6 Å². The second-order valence-corrected chi connectivity index (χ2v) is 10.5. The number of hydrogen-bond donors (Lipinski definition) is 2. The summed E-state index contributed by atoms with van der Waals surface area (Å²) in [7, 11) is 0. The highest BCUT2D eigenvalue weighted by molar-refractivity contribution is 7.12. The van der Waals surface area contributed by atoms with E-state index in [4.69, 9.17) is 4.74 Å². The summed E-state index contributed by atoms with van der Waals surface area (Å²) in [5.41, 5.74) is 2.43. The third-order valence-corrected chi connectivity index (χ3v) is 7.78. The van der Waals surface area contributed by atoms with Crippen LogP contribution in [0.1, 0.15) is 65.9 Å². The molecule has 2 heterocycles. The summed E-state index contributed by atoms with van der Waals surface area (Å²) in [6.45, 7) is 5.12. The maximum atomic E-state index is 13.8. The van der Waals surface area contributed by atoms with Crippen molar-refractivity contribution < 1.29 is 19.1 Å². The molecule has 0 radical (unpaired) electrons. The van der Waals surface area contributed by atoms with Crippen molar-refractivity contribution in [3.05, 3.63) is 88.1 Å². The number of ether oxygens (including phenoxy) is 1. The number of thiophene rings is 1. The predicted molar refractivity (Wildman–Crippen MR) is 150 cm³/mol. The molecule has 38 heavy (non-hydrogen) atoms. The largest absolute Gasteiger partial charge is 0.376 e. The summed E-state index contributed by atoms with van der Waals surface area (Å²) in [5.74, 6) is -0.625. The minimum Gasteiger partial charge on any atom is -0.376 e. The average Bonchev–Trinajstić information content (AvgIpc) is 3.68. The van der Waals surface area contributed by atoms with Crippen molar-refractivity contribution in [1.82, 2.24) is 10.6 Å². The first-order valence-corrected chi connectivity index (χ1v) is 14.0. The number of carbonyl (C=O) groups excluding carboxylic acids is 3. The van der Waals surface area contributed by atoms with E-state index >= 15 is 0 Å². The minimum atomic E-state index is -0.918. The number of nitrogens with one attached hydrogen (secondary N) is 2. The number of benzene rings is 2. The van der Waals surface area contributed by atoms with E-state index in [0.717, 1.165) is 24.8 Å². The highest BCUT2D eigenvalue weighted by atomic mass is 32.1. The summed E-state index contributed by atoms with van der Waals surface area (Å²) in [5, 5.41) is 7.55. The topological polar surface area (TPSA) is 87.7 Å². The second-order valence-electron chi connectivity index (χ2n) is 9.52. The molecule has 1 aliphatic heterocycles. The van der Waals surface area contributed by atoms with Gasteiger partial charge in [0, 0.05) is 18.8 Å². The Kier molecular flexibility index (Phi) is 9.67. The number of carbonyl (C=O) groups is 3. The van der Waals surface area contributed by atoms with Gasteiger partial charge in [-0.1, -0.05) is 62.4 Å². The van der Waals surface area contributed by atoms with Crippen molar-refractivity contribution in [2.45, 2.75) is 51.2 Å². The molecule has 0 unspecified atom stereocenters. The van der Waals surface area contributed by atoms with Crippen LogP contribution in [-0.4, -0.2) is 43.5 Å². The quantitative estimate of drug-likeness (QED) is 0.361. The molecule has 4 rings (SSSR count). The van der Waals surface area contributed by atoms with Crippen LogP contribution in [0.4, 0.5) is 5.69 Å². The van der Waals surface area contributed by atoms with Gasteiger partial charge in [-0.25, -0.2) is 0 Å². The fourth-order valence-corrected chi connectivity index (χ4v) is 5.18. The van der Waals surface area contributed by atoms with Gasteiger partial charge in [-0.05, 0) is 59.9 Å². The molecule has 2 N–H and O–H groups in total. The summed E-state index contributed by atoms with van der Waals surface area (Å²) in [4.78, 5) is 42.1. The Morgan fingerprint density at radius 3 is 2.39 bits per heavy atom. The molecule has 1 saturated heterocycles. The Labute approximate surface area is 228 Å². The first kappa shape index (κ1) is 27.5. The molecule has 8 heteroatoms. The summed E-state index contributed by atoms with van der Waals surface area (Å²) in [6.07, 6.45) is 2.83. The molecule has 0 spiro atoms. The summed E-state index contributed by atoms with van der Waals surface area (Å²) in [6, 6.07) is 19.6. The molecular formula is C30H35N3O4S. The van der Waals surface area contributed by atoms with Crippen LogP contribution in [-0.2, 0) is 14.3 Å². The van der Waals surface area contributed by atoms with Crippen LogP contribution in [0.15, 0.2) is 72.1 Å². The first-order chi connectivity index (χ1) is 18.5. The van der Waals surface area contributed by atoms with Crippen LogP contribution in [0, 0.1) is 0 Å². The van der Waals surface area contributed by atoms with Crippen LogP contribution in [0.25, 0.3) is 0 Å². The minimum absolute atomic E-state index is 0.0283. The monoisotopic (exact) mass is 533 g/mol. The van der Waals surface area contributed by atoms with E-state index in [0.29, 0.717) is 35.2 Å². The van der Waals surface area contributed by atoms with Gasteiger partial charge >= 0.3 is 0 Å². The Hall–Kier alpha value is -3.49. The van der Waals surface area contributed by atoms with E-state index in [1.54, 1.807) is 12.1 Å². The molecule has 7 nitrogen and oxygen atoms in total. The molecule has 1 aromatic heterocycles. The van der Waals surface area contributed by atoms with Crippen LogP contribution in [0.5, 0.6) is 0 Å². The number of anilines is 1. The zero-order chi connectivity index (χ0) is 26.9. The van der Waals surface area contributed by atoms with E-state index in [1.165, 1.54) is 16.2 Å². The molecule has 3 aromatic rings. The zero-order valence-corrected chi connectivity index (χ0v) is 22.7. The predicted octanol–water partition coefficient (Wildman–Crippen LogP) is 5.06. The van der Waals surface area contributed by atoms with Crippen molar-refractivity contribution in [2.24, 2.45) is 0 Å². The SMILES string of the molecule is CC[C@H](C)c1ccc(N(C(=O)CNC(=O)c2cccs2)[C@H](C(=O)NC[C@@H]2CCCO2)c2ccccc2)cc1. The van der Waals surface area contributed by atoms with E-state index < -0.39 is 6.04 Å². The zero-order valence-electron chi connectivity index (χ0n) is 21.9. The summed E-state index contributed by atoms with van der Waals surface area (Å²) >= 11 is 1.31. The Morgan fingerprint density at radius 1 is 1.00 bits per heavy atom. The lowest BCUT2D eigenvalue weighted by Crippen LogP contribution is -2.48. The average molecular weight is 534 g/mol. The van der Waals surface area contributed by atoms with Gasteiger partial charge in [0.2, 0.25) is 11.8 Å².